The second-order valence-electron chi connectivity index (χ2n) is 5.23. The van der Waals surface area contributed by atoms with Gasteiger partial charge in [0.25, 0.3) is 0 Å². The van der Waals surface area contributed by atoms with E-state index < -0.39 is 0 Å². The van der Waals surface area contributed by atoms with Crippen LogP contribution >= 0.6 is 0 Å². The molecule has 130 valence electrons. The predicted molar refractivity (Wildman–Crippen MR) is 93.9 cm³/mol. The summed E-state index contributed by atoms with van der Waals surface area (Å²) in [5.41, 5.74) is 1.62. The molecule has 0 saturated heterocycles. The van der Waals surface area contributed by atoms with E-state index >= 15 is 0 Å². The number of anilines is 2. The fourth-order valence-electron chi connectivity index (χ4n) is 2.37. The van der Waals surface area contributed by atoms with Gasteiger partial charge in [-0.15, -0.1) is 0 Å². The molecule has 0 aliphatic carbocycles. The maximum atomic E-state index is 5.42. The first-order valence-corrected chi connectivity index (χ1v) is 7.60. The van der Waals surface area contributed by atoms with Gasteiger partial charge in [-0.2, -0.15) is 4.98 Å². The van der Waals surface area contributed by atoms with Gasteiger partial charge in [0.2, 0.25) is 5.82 Å². The Morgan fingerprint density at radius 3 is 2.20 bits per heavy atom. The normalized spacial score (nSPS) is 10.4. The molecular formula is C18H19N3O4. The monoisotopic (exact) mass is 341 g/mol. The molecule has 0 saturated carbocycles. The van der Waals surface area contributed by atoms with Gasteiger partial charge in [0.15, 0.2) is 0 Å². The molecule has 25 heavy (non-hydrogen) atoms. The number of hydrogen-bond acceptors (Lipinski definition) is 7. The molecule has 0 spiro atoms. The highest BCUT2D eigenvalue weighted by Crippen LogP contribution is 2.35. The van der Waals surface area contributed by atoms with Crippen molar-refractivity contribution < 1.29 is 18.7 Å². The zero-order valence-corrected chi connectivity index (χ0v) is 14.5. The molecule has 0 N–H and O–H groups in total. The standard InChI is InChI=1S/C18H19N3O4/c1-21(15-10-9-14(23-3)11-16(15)24-4)18-19-17(20-25-18)12-5-7-13(22-2)8-6-12/h5-11H,1-4H3. The quantitative estimate of drug-likeness (QED) is 0.679. The third-order valence-electron chi connectivity index (χ3n) is 3.80. The Kier molecular flexibility index (Phi) is 4.74. The molecule has 7 heteroatoms. The minimum atomic E-state index is 0.356. The van der Waals surface area contributed by atoms with Crippen molar-refractivity contribution in [2.75, 3.05) is 33.3 Å². The number of hydrogen-bond donors (Lipinski definition) is 0. The van der Waals surface area contributed by atoms with Gasteiger partial charge in [0.1, 0.15) is 17.2 Å². The molecule has 0 amide bonds. The van der Waals surface area contributed by atoms with Gasteiger partial charge in [-0.3, -0.25) is 4.90 Å². The van der Waals surface area contributed by atoms with Crippen LogP contribution in [0.2, 0.25) is 0 Å². The van der Waals surface area contributed by atoms with Crippen molar-refractivity contribution >= 4 is 11.7 Å². The fraction of sp³-hybridized carbons (Fsp3) is 0.222. The maximum Gasteiger partial charge on any atom is 0.328 e. The third-order valence-corrected chi connectivity index (χ3v) is 3.80. The smallest absolute Gasteiger partial charge is 0.328 e. The van der Waals surface area contributed by atoms with Gasteiger partial charge < -0.3 is 18.7 Å². The van der Waals surface area contributed by atoms with E-state index in [-0.39, 0.29) is 0 Å². The van der Waals surface area contributed by atoms with E-state index in [1.165, 1.54) is 0 Å². The SMILES string of the molecule is COc1ccc(-c2noc(N(C)c3ccc(OC)cc3OC)n2)cc1. The molecule has 0 radical (unpaired) electrons. The molecule has 1 heterocycles. The van der Waals surface area contributed by atoms with Crippen molar-refractivity contribution in [3.8, 4) is 28.6 Å². The van der Waals surface area contributed by atoms with E-state index in [2.05, 4.69) is 10.1 Å². The first-order chi connectivity index (χ1) is 12.2. The molecule has 0 unspecified atom stereocenters. The van der Waals surface area contributed by atoms with Crippen LogP contribution in [0.1, 0.15) is 0 Å². The number of rotatable bonds is 6. The van der Waals surface area contributed by atoms with Crippen LogP contribution < -0.4 is 19.1 Å². The van der Waals surface area contributed by atoms with Crippen LogP contribution in [0.25, 0.3) is 11.4 Å². The lowest BCUT2D eigenvalue weighted by Gasteiger charge is -2.17. The summed E-state index contributed by atoms with van der Waals surface area (Å²) in [6.45, 7) is 0. The van der Waals surface area contributed by atoms with E-state index in [1.54, 1.807) is 32.3 Å². The molecule has 0 fully saturated rings. The lowest BCUT2D eigenvalue weighted by atomic mass is 10.2. The number of benzene rings is 2. The summed E-state index contributed by atoms with van der Waals surface area (Å²) in [7, 11) is 6.66. The summed E-state index contributed by atoms with van der Waals surface area (Å²) in [5, 5.41) is 4.04. The van der Waals surface area contributed by atoms with Crippen molar-refractivity contribution in [3.63, 3.8) is 0 Å². The minimum absolute atomic E-state index is 0.356. The molecule has 1 aromatic heterocycles. The van der Waals surface area contributed by atoms with Crippen LogP contribution in [-0.2, 0) is 0 Å². The van der Waals surface area contributed by atoms with Gasteiger partial charge in [-0.1, -0.05) is 5.16 Å². The molecule has 0 atom stereocenters. The highest BCUT2D eigenvalue weighted by atomic mass is 16.5. The zero-order valence-electron chi connectivity index (χ0n) is 14.5. The Morgan fingerprint density at radius 2 is 1.56 bits per heavy atom. The topological polar surface area (TPSA) is 69.9 Å². The van der Waals surface area contributed by atoms with Crippen molar-refractivity contribution in [1.29, 1.82) is 0 Å². The number of nitrogens with zero attached hydrogens (tertiary/aromatic N) is 3. The second-order valence-corrected chi connectivity index (χ2v) is 5.23. The second kappa shape index (κ2) is 7.12. The first kappa shape index (κ1) is 16.6. The maximum absolute atomic E-state index is 5.42. The fourth-order valence-corrected chi connectivity index (χ4v) is 2.37. The van der Waals surface area contributed by atoms with Crippen LogP contribution in [0.15, 0.2) is 47.0 Å². The van der Waals surface area contributed by atoms with Crippen molar-refractivity contribution in [3.05, 3.63) is 42.5 Å². The Bertz CT molecular complexity index is 846. The van der Waals surface area contributed by atoms with E-state index in [0.717, 1.165) is 17.0 Å². The Labute approximate surface area is 145 Å². The molecule has 3 rings (SSSR count). The summed E-state index contributed by atoms with van der Waals surface area (Å²) >= 11 is 0. The number of ether oxygens (including phenoxy) is 3. The van der Waals surface area contributed by atoms with E-state index in [4.69, 9.17) is 18.7 Å². The number of methoxy groups -OCH3 is 3. The molecule has 0 aliphatic rings. The molecular weight excluding hydrogens is 322 g/mol. The molecule has 2 aromatic carbocycles. The zero-order chi connectivity index (χ0) is 17.8. The average Bonchev–Trinajstić information content (AvgIpc) is 3.17. The van der Waals surface area contributed by atoms with Crippen LogP contribution in [0.4, 0.5) is 11.7 Å². The van der Waals surface area contributed by atoms with E-state index in [1.807, 2.05) is 43.4 Å². The Balaban J connectivity index is 1.88. The molecule has 3 aromatic rings. The van der Waals surface area contributed by atoms with Crippen LogP contribution in [-0.4, -0.2) is 38.5 Å². The Hall–Kier alpha value is -3.22. The highest BCUT2D eigenvalue weighted by molar-refractivity contribution is 5.67. The van der Waals surface area contributed by atoms with Gasteiger partial charge >= 0.3 is 6.01 Å². The van der Waals surface area contributed by atoms with E-state index in [9.17, 15) is 0 Å². The summed E-state index contributed by atoms with van der Waals surface area (Å²) in [6, 6.07) is 13.3. The van der Waals surface area contributed by atoms with Gasteiger partial charge in [0.05, 0.1) is 27.0 Å². The molecule has 0 bridgehead atoms. The lowest BCUT2D eigenvalue weighted by Crippen LogP contribution is -2.11. The summed E-state index contributed by atoms with van der Waals surface area (Å²) in [6.07, 6.45) is 0. The molecule has 7 nitrogen and oxygen atoms in total. The van der Waals surface area contributed by atoms with Gasteiger partial charge in [-0.05, 0) is 36.4 Å². The summed E-state index contributed by atoms with van der Waals surface area (Å²) in [4.78, 5) is 6.21. The summed E-state index contributed by atoms with van der Waals surface area (Å²) < 4.78 is 21.2. The summed E-state index contributed by atoms with van der Waals surface area (Å²) in [5.74, 6) is 2.62. The van der Waals surface area contributed by atoms with Crippen molar-refractivity contribution in [1.82, 2.24) is 10.1 Å². The third kappa shape index (κ3) is 3.35. The van der Waals surface area contributed by atoms with E-state index in [0.29, 0.717) is 23.3 Å². The highest BCUT2D eigenvalue weighted by Gasteiger charge is 2.17. The largest absolute Gasteiger partial charge is 0.497 e. The van der Waals surface area contributed by atoms with Gasteiger partial charge in [0, 0.05) is 18.7 Å². The lowest BCUT2D eigenvalue weighted by molar-refractivity contribution is 0.393. The Morgan fingerprint density at radius 1 is 0.880 bits per heavy atom. The minimum Gasteiger partial charge on any atom is -0.497 e. The van der Waals surface area contributed by atoms with Crippen LogP contribution in [0.5, 0.6) is 17.2 Å². The average molecular weight is 341 g/mol. The predicted octanol–water partition coefficient (Wildman–Crippen LogP) is 3.53. The first-order valence-electron chi connectivity index (χ1n) is 7.60. The van der Waals surface area contributed by atoms with Crippen molar-refractivity contribution in [2.45, 2.75) is 0 Å². The number of aromatic nitrogens is 2. The van der Waals surface area contributed by atoms with Crippen molar-refractivity contribution in [2.24, 2.45) is 0 Å². The van der Waals surface area contributed by atoms with Crippen LogP contribution in [0.3, 0.4) is 0 Å². The molecule has 0 aliphatic heterocycles. The van der Waals surface area contributed by atoms with Gasteiger partial charge in [-0.25, -0.2) is 0 Å². The van der Waals surface area contributed by atoms with Crippen LogP contribution in [0, 0.1) is 0 Å².